The highest BCUT2D eigenvalue weighted by Gasteiger charge is 2.22. The van der Waals surface area contributed by atoms with Gasteiger partial charge in [0, 0.05) is 11.6 Å². The van der Waals surface area contributed by atoms with Crippen LogP contribution in [0.4, 0.5) is 4.79 Å². The Balaban J connectivity index is 3.04. The van der Waals surface area contributed by atoms with Gasteiger partial charge in [-0.05, 0) is 47.9 Å². The normalized spacial score (nSPS) is 11.5. The molecule has 0 radical (unpaired) electrons. The summed E-state index contributed by atoms with van der Waals surface area (Å²) >= 11 is 2.19. The molecule has 0 unspecified atom stereocenters. The van der Waals surface area contributed by atoms with Crippen molar-refractivity contribution in [2.45, 2.75) is 46.1 Å². The maximum Gasteiger partial charge on any atom is 0.412 e. The lowest BCUT2D eigenvalue weighted by atomic mass is 9.86. The van der Waals surface area contributed by atoms with Crippen molar-refractivity contribution in [3.63, 3.8) is 0 Å². The van der Waals surface area contributed by atoms with Crippen molar-refractivity contribution in [1.29, 1.82) is 0 Å². The van der Waals surface area contributed by atoms with Crippen LogP contribution >= 0.6 is 22.6 Å². The number of nitrogens with one attached hydrogen (secondary N) is 1. The van der Waals surface area contributed by atoms with Gasteiger partial charge in [0.1, 0.15) is 5.75 Å². The molecule has 1 aromatic rings. The summed E-state index contributed by atoms with van der Waals surface area (Å²) < 4.78 is 6.40. The molecule has 3 nitrogen and oxygen atoms in total. The topological polar surface area (TPSA) is 38.3 Å². The smallest absolute Gasteiger partial charge is 0.409 e. The first-order chi connectivity index (χ1) is 8.21. The fourth-order valence-electron chi connectivity index (χ4n) is 1.56. The molecule has 4 heteroatoms. The molecule has 100 valence electrons. The number of hydrogen-bond acceptors (Lipinski definition) is 2. The number of hydrogen-bond donors (Lipinski definition) is 1. The van der Waals surface area contributed by atoms with Crippen molar-refractivity contribution in [3.8, 4) is 5.75 Å². The first-order valence-corrected chi connectivity index (χ1v) is 7.07. The van der Waals surface area contributed by atoms with Crippen molar-refractivity contribution in [1.82, 2.24) is 5.32 Å². The summed E-state index contributed by atoms with van der Waals surface area (Å²) in [6.07, 6.45) is -0.403. The van der Waals surface area contributed by atoms with Crippen LogP contribution in [0.5, 0.6) is 5.75 Å². The minimum absolute atomic E-state index is 0.0609. The molecular formula is C14H20INO2. The standard InChI is InChI=1S/C14H20INO2/c1-9(2)16-13(17)18-12-10(14(3,4)5)7-6-8-11(12)15/h6-9H,1-5H3,(H,16,17). The van der Waals surface area contributed by atoms with E-state index in [2.05, 4.69) is 48.7 Å². The molecule has 0 aliphatic heterocycles. The number of benzene rings is 1. The second-order valence-corrected chi connectivity index (χ2v) is 6.72. The van der Waals surface area contributed by atoms with E-state index in [0.29, 0.717) is 5.75 Å². The molecule has 0 aliphatic carbocycles. The summed E-state index contributed by atoms with van der Waals surface area (Å²) in [5.41, 5.74) is 0.975. The Bertz CT molecular complexity index is 436. The molecule has 1 aromatic carbocycles. The van der Waals surface area contributed by atoms with Crippen LogP contribution in [0.15, 0.2) is 18.2 Å². The highest BCUT2D eigenvalue weighted by atomic mass is 127. The first-order valence-electron chi connectivity index (χ1n) is 5.99. The number of carbonyl (C=O) groups excluding carboxylic acids is 1. The molecule has 18 heavy (non-hydrogen) atoms. The van der Waals surface area contributed by atoms with Crippen LogP contribution in [-0.4, -0.2) is 12.1 Å². The quantitative estimate of drug-likeness (QED) is 0.806. The average molecular weight is 361 g/mol. The van der Waals surface area contributed by atoms with E-state index >= 15 is 0 Å². The molecule has 0 saturated carbocycles. The zero-order chi connectivity index (χ0) is 13.9. The summed E-state index contributed by atoms with van der Waals surface area (Å²) in [5.74, 6) is 0.656. The lowest BCUT2D eigenvalue weighted by Gasteiger charge is -2.23. The molecule has 0 heterocycles. The van der Waals surface area contributed by atoms with Gasteiger partial charge < -0.3 is 10.1 Å². The van der Waals surface area contributed by atoms with Gasteiger partial charge in [0.2, 0.25) is 0 Å². The zero-order valence-corrected chi connectivity index (χ0v) is 13.7. The third-order valence-electron chi connectivity index (χ3n) is 2.38. The van der Waals surface area contributed by atoms with Gasteiger partial charge in [0.05, 0.1) is 3.57 Å². The highest BCUT2D eigenvalue weighted by Crippen LogP contribution is 2.34. The van der Waals surface area contributed by atoms with E-state index in [-0.39, 0.29) is 11.5 Å². The fraction of sp³-hybridized carbons (Fsp3) is 0.500. The summed E-state index contributed by atoms with van der Waals surface area (Å²) in [4.78, 5) is 11.7. The number of para-hydroxylation sites is 1. The second-order valence-electron chi connectivity index (χ2n) is 5.56. The number of amides is 1. The van der Waals surface area contributed by atoms with E-state index in [9.17, 15) is 4.79 Å². The van der Waals surface area contributed by atoms with Crippen molar-refractivity contribution in [3.05, 3.63) is 27.3 Å². The summed E-state index contributed by atoms with van der Waals surface area (Å²) in [7, 11) is 0. The number of carbonyl (C=O) groups is 1. The van der Waals surface area contributed by atoms with Gasteiger partial charge in [-0.25, -0.2) is 4.79 Å². The van der Waals surface area contributed by atoms with E-state index in [1.54, 1.807) is 0 Å². The number of halogens is 1. The van der Waals surface area contributed by atoms with Gasteiger partial charge in [-0.15, -0.1) is 0 Å². The summed E-state index contributed by atoms with van der Waals surface area (Å²) in [6, 6.07) is 5.99. The van der Waals surface area contributed by atoms with Gasteiger partial charge in [-0.3, -0.25) is 0 Å². The van der Waals surface area contributed by atoms with Gasteiger partial charge >= 0.3 is 6.09 Å². The summed E-state index contributed by atoms with van der Waals surface area (Å²) in [5, 5.41) is 2.73. The minimum atomic E-state index is -0.403. The molecule has 0 aromatic heterocycles. The Hall–Kier alpha value is -0.780. The molecule has 0 atom stereocenters. The van der Waals surface area contributed by atoms with E-state index in [1.165, 1.54) is 0 Å². The summed E-state index contributed by atoms with van der Waals surface area (Å²) in [6.45, 7) is 10.1. The SMILES string of the molecule is CC(C)NC(=O)Oc1c(I)cccc1C(C)(C)C. The molecule has 0 saturated heterocycles. The molecule has 1 amide bonds. The third kappa shape index (κ3) is 4.15. The van der Waals surface area contributed by atoms with Gasteiger partial charge in [-0.2, -0.15) is 0 Å². The molecular weight excluding hydrogens is 341 g/mol. The van der Waals surface area contributed by atoms with E-state index < -0.39 is 6.09 Å². The Morgan fingerprint density at radius 2 is 1.94 bits per heavy atom. The van der Waals surface area contributed by atoms with Crippen molar-refractivity contribution in [2.75, 3.05) is 0 Å². The van der Waals surface area contributed by atoms with Crippen molar-refractivity contribution < 1.29 is 9.53 Å². The van der Waals surface area contributed by atoms with Crippen LogP contribution in [0.25, 0.3) is 0 Å². The maximum absolute atomic E-state index is 11.7. The van der Waals surface area contributed by atoms with Crippen molar-refractivity contribution >= 4 is 28.7 Å². The molecule has 0 bridgehead atoms. The maximum atomic E-state index is 11.7. The predicted molar refractivity (Wildman–Crippen MR) is 82.2 cm³/mol. The van der Waals surface area contributed by atoms with E-state index in [1.807, 2.05) is 32.0 Å². The second kappa shape index (κ2) is 5.91. The van der Waals surface area contributed by atoms with Gasteiger partial charge in [0.15, 0.2) is 0 Å². The third-order valence-corrected chi connectivity index (χ3v) is 3.23. The van der Waals surface area contributed by atoms with Crippen LogP contribution in [0.2, 0.25) is 0 Å². The Morgan fingerprint density at radius 3 is 2.44 bits per heavy atom. The van der Waals surface area contributed by atoms with Crippen molar-refractivity contribution in [2.24, 2.45) is 0 Å². The molecule has 0 fully saturated rings. The lowest BCUT2D eigenvalue weighted by Crippen LogP contribution is -2.33. The number of ether oxygens (including phenoxy) is 1. The van der Waals surface area contributed by atoms with Gasteiger partial charge in [0.25, 0.3) is 0 Å². The van der Waals surface area contributed by atoms with E-state index in [4.69, 9.17) is 4.74 Å². The average Bonchev–Trinajstić information content (AvgIpc) is 2.18. The molecule has 0 spiro atoms. The first kappa shape index (κ1) is 15.3. The zero-order valence-electron chi connectivity index (χ0n) is 11.5. The highest BCUT2D eigenvalue weighted by molar-refractivity contribution is 14.1. The van der Waals surface area contributed by atoms with Gasteiger partial charge in [-0.1, -0.05) is 32.9 Å². The minimum Gasteiger partial charge on any atom is -0.409 e. The van der Waals surface area contributed by atoms with Crippen LogP contribution in [0.3, 0.4) is 0 Å². The Kier molecular flexibility index (Phi) is 5.01. The van der Waals surface area contributed by atoms with Crippen LogP contribution in [0.1, 0.15) is 40.2 Å². The molecule has 0 aliphatic rings. The lowest BCUT2D eigenvalue weighted by molar-refractivity contribution is 0.196. The molecule has 1 N–H and O–H groups in total. The van der Waals surface area contributed by atoms with Crippen LogP contribution in [0, 0.1) is 3.57 Å². The van der Waals surface area contributed by atoms with Crippen LogP contribution < -0.4 is 10.1 Å². The Morgan fingerprint density at radius 1 is 1.33 bits per heavy atom. The largest absolute Gasteiger partial charge is 0.412 e. The number of rotatable bonds is 2. The molecule has 1 rings (SSSR count). The monoisotopic (exact) mass is 361 g/mol. The van der Waals surface area contributed by atoms with E-state index in [0.717, 1.165) is 9.13 Å². The predicted octanol–water partition coefficient (Wildman–Crippen LogP) is 4.09. The van der Waals surface area contributed by atoms with Crippen LogP contribution in [-0.2, 0) is 5.41 Å². The fourth-order valence-corrected chi connectivity index (χ4v) is 2.17. The Labute approximate surface area is 122 Å².